The molecule has 0 aromatic carbocycles. The highest BCUT2D eigenvalue weighted by molar-refractivity contribution is 4.84. The summed E-state index contributed by atoms with van der Waals surface area (Å²) in [5, 5.41) is 9.02. The highest BCUT2D eigenvalue weighted by atomic mass is 16.6. The summed E-state index contributed by atoms with van der Waals surface area (Å²) < 4.78 is 11.1. The van der Waals surface area contributed by atoms with E-state index in [1.54, 1.807) is 0 Å². The van der Waals surface area contributed by atoms with E-state index >= 15 is 0 Å². The number of hydrogen-bond donors (Lipinski definition) is 1. The predicted molar refractivity (Wildman–Crippen MR) is 53.8 cm³/mol. The molecule has 0 saturated carbocycles. The molecule has 1 saturated heterocycles. The molecule has 0 bridgehead atoms. The van der Waals surface area contributed by atoms with Gasteiger partial charge in [0.1, 0.15) is 6.10 Å². The second-order valence-corrected chi connectivity index (χ2v) is 3.62. The molecule has 1 rings (SSSR count). The zero-order valence-electron chi connectivity index (χ0n) is 8.61. The average molecular weight is 198 g/mol. The van der Waals surface area contributed by atoms with E-state index in [1.807, 2.05) is 6.92 Å². The Balaban J connectivity index is 2.19. The predicted octanol–water partition coefficient (Wildman–Crippen LogP) is 0.955. The standard InChI is InChI=1S/C11H18O3/c1-3-4-5-6-13-10-7-9(2)14-11(10)8-12/h1,9-12H,4-8H2,2H3/t9-,10?,11+/m0/s1. The summed E-state index contributed by atoms with van der Waals surface area (Å²) in [5.41, 5.74) is 0. The first-order valence-corrected chi connectivity index (χ1v) is 5.09. The lowest BCUT2D eigenvalue weighted by Gasteiger charge is -2.16. The minimum atomic E-state index is -0.157. The zero-order chi connectivity index (χ0) is 10.4. The van der Waals surface area contributed by atoms with Crippen molar-refractivity contribution in [2.75, 3.05) is 13.2 Å². The van der Waals surface area contributed by atoms with E-state index in [4.69, 9.17) is 21.0 Å². The molecule has 0 spiro atoms. The quantitative estimate of drug-likeness (QED) is 0.528. The summed E-state index contributed by atoms with van der Waals surface area (Å²) in [4.78, 5) is 0. The Labute approximate surface area is 85.4 Å². The number of ether oxygens (including phenoxy) is 2. The second kappa shape index (κ2) is 6.02. The molecule has 0 aromatic rings. The molecule has 1 unspecified atom stereocenters. The van der Waals surface area contributed by atoms with Crippen LogP contribution in [0.15, 0.2) is 0 Å². The number of hydrogen-bond acceptors (Lipinski definition) is 3. The third-order valence-corrected chi connectivity index (χ3v) is 2.36. The van der Waals surface area contributed by atoms with E-state index < -0.39 is 0 Å². The van der Waals surface area contributed by atoms with E-state index in [0.717, 1.165) is 19.3 Å². The molecular formula is C11H18O3. The van der Waals surface area contributed by atoms with Crippen molar-refractivity contribution in [1.82, 2.24) is 0 Å². The molecule has 80 valence electrons. The van der Waals surface area contributed by atoms with Gasteiger partial charge < -0.3 is 14.6 Å². The van der Waals surface area contributed by atoms with Gasteiger partial charge in [-0.05, 0) is 13.3 Å². The van der Waals surface area contributed by atoms with Crippen LogP contribution in [0.25, 0.3) is 0 Å². The van der Waals surface area contributed by atoms with E-state index in [-0.39, 0.29) is 24.9 Å². The van der Waals surface area contributed by atoms with Crippen molar-refractivity contribution >= 4 is 0 Å². The van der Waals surface area contributed by atoms with Gasteiger partial charge in [0.05, 0.1) is 18.8 Å². The topological polar surface area (TPSA) is 38.7 Å². The Morgan fingerprint density at radius 2 is 2.43 bits per heavy atom. The maximum Gasteiger partial charge on any atom is 0.107 e. The van der Waals surface area contributed by atoms with Crippen molar-refractivity contribution in [3.63, 3.8) is 0 Å². The molecule has 1 aliphatic rings. The van der Waals surface area contributed by atoms with Gasteiger partial charge in [-0.2, -0.15) is 0 Å². The van der Waals surface area contributed by atoms with Gasteiger partial charge in [0.25, 0.3) is 0 Å². The van der Waals surface area contributed by atoms with Crippen molar-refractivity contribution in [2.24, 2.45) is 0 Å². The Kier molecular flexibility index (Phi) is 4.95. The van der Waals surface area contributed by atoms with Crippen LogP contribution < -0.4 is 0 Å². The largest absolute Gasteiger partial charge is 0.394 e. The lowest BCUT2D eigenvalue weighted by Crippen LogP contribution is -2.28. The van der Waals surface area contributed by atoms with Crippen LogP contribution in [0.1, 0.15) is 26.2 Å². The van der Waals surface area contributed by atoms with Gasteiger partial charge in [-0.3, -0.25) is 0 Å². The highest BCUT2D eigenvalue weighted by Gasteiger charge is 2.32. The Hall–Kier alpha value is -0.560. The summed E-state index contributed by atoms with van der Waals surface area (Å²) in [6.45, 7) is 2.68. The van der Waals surface area contributed by atoms with Gasteiger partial charge in [-0.1, -0.05) is 0 Å². The monoisotopic (exact) mass is 198 g/mol. The maximum absolute atomic E-state index is 9.02. The fourth-order valence-corrected chi connectivity index (χ4v) is 1.67. The number of aliphatic hydroxyl groups excluding tert-OH is 1. The molecule has 0 radical (unpaired) electrons. The van der Waals surface area contributed by atoms with Gasteiger partial charge in [0.15, 0.2) is 0 Å². The Bertz CT molecular complexity index is 197. The zero-order valence-corrected chi connectivity index (χ0v) is 8.61. The first kappa shape index (κ1) is 11.5. The molecule has 1 aliphatic heterocycles. The van der Waals surface area contributed by atoms with E-state index in [0.29, 0.717) is 6.61 Å². The van der Waals surface area contributed by atoms with Crippen LogP contribution in [0, 0.1) is 12.3 Å². The average Bonchev–Trinajstić information content (AvgIpc) is 2.54. The summed E-state index contributed by atoms with van der Waals surface area (Å²) >= 11 is 0. The number of terminal acetylenes is 1. The van der Waals surface area contributed by atoms with Gasteiger partial charge in [-0.25, -0.2) is 0 Å². The van der Waals surface area contributed by atoms with E-state index in [9.17, 15) is 0 Å². The molecule has 14 heavy (non-hydrogen) atoms. The van der Waals surface area contributed by atoms with Gasteiger partial charge in [-0.15, -0.1) is 12.3 Å². The van der Waals surface area contributed by atoms with E-state index in [2.05, 4.69) is 5.92 Å². The van der Waals surface area contributed by atoms with Gasteiger partial charge in [0.2, 0.25) is 0 Å². The molecule has 0 aromatic heterocycles. The number of rotatable bonds is 5. The molecule has 3 nitrogen and oxygen atoms in total. The fourth-order valence-electron chi connectivity index (χ4n) is 1.67. The first-order chi connectivity index (χ1) is 6.77. The normalized spacial score (nSPS) is 31.6. The second-order valence-electron chi connectivity index (χ2n) is 3.62. The van der Waals surface area contributed by atoms with Crippen LogP contribution in [0.2, 0.25) is 0 Å². The minimum Gasteiger partial charge on any atom is -0.394 e. The Morgan fingerprint density at radius 3 is 3.07 bits per heavy atom. The van der Waals surface area contributed by atoms with Crippen LogP contribution in [0.5, 0.6) is 0 Å². The van der Waals surface area contributed by atoms with Gasteiger partial charge in [0, 0.05) is 19.4 Å². The van der Waals surface area contributed by atoms with Crippen molar-refractivity contribution in [1.29, 1.82) is 0 Å². The number of unbranched alkanes of at least 4 members (excludes halogenated alkanes) is 1. The summed E-state index contributed by atoms with van der Waals surface area (Å²) in [6, 6.07) is 0. The lowest BCUT2D eigenvalue weighted by atomic mass is 10.1. The maximum atomic E-state index is 9.02. The Morgan fingerprint density at radius 1 is 1.64 bits per heavy atom. The molecule has 1 fully saturated rings. The fraction of sp³-hybridized carbons (Fsp3) is 0.818. The molecule has 3 heteroatoms. The molecule has 1 heterocycles. The molecule has 0 amide bonds. The van der Waals surface area contributed by atoms with Crippen LogP contribution in [-0.4, -0.2) is 36.6 Å². The van der Waals surface area contributed by atoms with Crippen molar-refractivity contribution < 1.29 is 14.6 Å². The number of aliphatic hydroxyl groups is 1. The summed E-state index contributed by atoms with van der Waals surface area (Å²) in [5.74, 6) is 2.57. The minimum absolute atomic E-state index is 0.0319. The third-order valence-electron chi connectivity index (χ3n) is 2.36. The summed E-state index contributed by atoms with van der Waals surface area (Å²) in [6.07, 6.45) is 7.67. The smallest absolute Gasteiger partial charge is 0.107 e. The first-order valence-electron chi connectivity index (χ1n) is 5.09. The lowest BCUT2D eigenvalue weighted by molar-refractivity contribution is -0.0444. The van der Waals surface area contributed by atoms with Crippen molar-refractivity contribution in [2.45, 2.75) is 44.5 Å². The molecule has 3 atom stereocenters. The summed E-state index contributed by atoms with van der Waals surface area (Å²) in [7, 11) is 0. The van der Waals surface area contributed by atoms with Crippen molar-refractivity contribution in [3.05, 3.63) is 0 Å². The van der Waals surface area contributed by atoms with Crippen LogP contribution in [0.4, 0.5) is 0 Å². The van der Waals surface area contributed by atoms with Gasteiger partial charge >= 0.3 is 0 Å². The highest BCUT2D eigenvalue weighted by Crippen LogP contribution is 2.22. The third kappa shape index (κ3) is 3.30. The van der Waals surface area contributed by atoms with Crippen molar-refractivity contribution in [3.8, 4) is 12.3 Å². The molecule has 0 aliphatic carbocycles. The SMILES string of the molecule is C#CCCCOC1C[C@H](C)O[C@@H]1CO. The van der Waals surface area contributed by atoms with Crippen LogP contribution >= 0.6 is 0 Å². The van der Waals surface area contributed by atoms with Crippen LogP contribution in [-0.2, 0) is 9.47 Å². The van der Waals surface area contributed by atoms with E-state index in [1.165, 1.54) is 0 Å². The molecule has 1 N–H and O–H groups in total. The van der Waals surface area contributed by atoms with Crippen LogP contribution in [0.3, 0.4) is 0 Å². The molecular weight excluding hydrogens is 180 g/mol.